The summed E-state index contributed by atoms with van der Waals surface area (Å²) < 4.78 is 0. The van der Waals surface area contributed by atoms with Crippen molar-refractivity contribution in [3.63, 3.8) is 0 Å². The van der Waals surface area contributed by atoms with Gasteiger partial charge in [-0.15, -0.1) is 24.8 Å². The van der Waals surface area contributed by atoms with Gasteiger partial charge in [0.2, 0.25) is 0 Å². The highest BCUT2D eigenvalue weighted by molar-refractivity contribution is 6.40. The van der Waals surface area contributed by atoms with E-state index in [1.54, 1.807) is 7.05 Å². The topological polar surface area (TPSA) is 116 Å². The van der Waals surface area contributed by atoms with Crippen LogP contribution in [-0.2, 0) is 4.79 Å². The fraction of sp³-hybridized carbons (Fsp3) is 0.909. The predicted octanol–water partition coefficient (Wildman–Crippen LogP) is 0.111. The Morgan fingerprint density at radius 3 is 2.40 bits per heavy atom. The van der Waals surface area contributed by atoms with Gasteiger partial charge < -0.3 is 26.2 Å². The van der Waals surface area contributed by atoms with E-state index in [9.17, 15) is 9.90 Å². The van der Waals surface area contributed by atoms with Crippen LogP contribution in [0.3, 0.4) is 0 Å². The van der Waals surface area contributed by atoms with Crippen LogP contribution < -0.4 is 11.1 Å². The van der Waals surface area contributed by atoms with Crippen LogP contribution >= 0.6 is 24.8 Å². The molecule has 1 aliphatic carbocycles. The average molecular weight is 331 g/mol. The first-order chi connectivity index (χ1) is 8.46. The third-order valence-corrected chi connectivity index (χ3v) is 4.18. The first-order valence-corrected chi connectivity index (χ1v) is 6.44. The second kappa shape index (κ2) is 9.81. The van der Waals surface area contributed by atoms with Crippen molar-refractivity contribution in [2.75, 3.05) is 13.6 Å². The Kier molecular flexibility index (Phi) is 10.9. The highest BCUT2D eigenvalue weighted by Crippen LogP contribution is 2.39. The summed E-state index contributed by atoms with van der Waals surface area (Å²) in [7, 11) is 0.339. The Balaban J connectivity index is 0. The van der Waals surface area contributed by atoms with E-state index < -0.39 is 18.6 Å². The minimum Gasteiger partial charge on any atom is -0.480 e. The summed E-state index contributed by atoms with van der Waals surface area (Å²) in [6.45, 7) is 0.350. The van der Waals surface area contributed by atoms with E-state index in [1.807, 2.05) is 0 Å². The molecule has 1 saturated carbocycles. The van der Waals surface area contributed by atoms with Gasteiger partial charge in [0.1, 0.15) is 5.54 Å². The second-order valence-corrected chi connectivity index (χ2v) is 5.16. The zero-order chi connectivity index (χ0) is 13.8. The van der Waals surface area contributed by atoms with Crippen molar-refractivity contribution in [1.82, 2.24) is 5.32 Å². The minimum absolute atomic E-state index is 0. The standard InChI is InChI=1S/C11H23BN2O4.2ClH/c1-14-11(10(15)16)6-8(4-5-12(17)18)2-3-9(11)7-13;;/h8-9,14,17-18H,2-7,13H2,1H3,(H,15,16);2*1H/t8-,9-,11+;;/m0../s1. The van der Waals surface area contributed by atoms with Crippen molar-refractivity contribution in [2.45, 2.75) is 37.5 Å². The Labute approximate surface area is 132 Å². The quantitative estimate of drug-likeness (QED) is 0.441. The van der Waals surface area contributed by atoms with Crippen LogP contribution in [0.1, 0.15) is 25.7 Å². The van der Waals surface area contributed by atoms with Gasteiger partial charge in [-0.05, 0) is 45.1 Å². The summed E-state index contributed by atoms with van der Waals surface area (Å²) in [6, 6.07) is 0. The SMILES string of the molecule is CN[C@]1(C(=O)O)C[C@H](CCB(O)O)CC[C@H]1CN.Cl.Cl. The lowest BCUT2D eigenvalue weighted by Crippen LogP contribution is -2.60. The maximum atomic E-state index is 11.5. The van der Waals surface area contributed by atoms with E-state index >= 15 is 0 Å². The van der Waals surface area contributed by atoms with Crippen LogP contribution in [-0.4, -0.2) is 47.4 Å². The summed E-state index contributed by atoms with van der Waals surface area (Å²) in [6.07, 6.45) is 3.07. The molecule has 1 fully saturated rings. The van der Waals surface area contributed by atoms with Crippen molar-refractivity contribution < 1.29 is 19.9 Å². The number of carbonyl (C=O) groups is 1. The fourth-order valence-corrected chi connectivity index (χ4v) is 3.03. The van der Waals surface area contributed by atoms with Gasteiger partial charge >= 0.3 is 13.1 Å². The summed E-state index contributed by atoms with van der Waals surface area (Å²) in [4.78, 5) is 11.5. The molecule has 0 bridgehead atoms. The molecule has 1 aliphatic rings. The monoisotopic (exact) mass is 330 g/mol. The number of hydrogen-bond acceptors (Lipinski definition) is 5. The zero-order valence-corrected chi connectivity index (χ0v) is 13.3. The number of nitrogens with one attached hydrogen (secondary N) is 1. The van der Waals surface area contributed by atoms with Crippen molar-refractivity contribution in [2.24, 2.45) is 17.6 Å². The Bertz CT molecular complexity index is 300. The molecule has 0 aromatic carbocycles. The Morgan fingerprint density at radius 2 is 2.00 bits per heavy atom. The Hall–Kier alpha value is -0.0451. The van der Waals surface area contributed by atoms with Gasteiger partial charge in [-0.2, -0.15) is 0 Å². The molecule has 0 amide bonds. The van der Waals surface area contributed by atoms with Crippen LogP contribution in [0.4, 0.5) is 0 Å². The molecular weight excluding hydrogens is 306 g/mol. The number of aliphatic carboxylic acids is 1. The van der Waals surface area contributed by atoms with Crippen LogP contribution in [0, 0.1) is 11.8 Å². The van der Waals surface area contributed by atoms with E-state index in [1.165, 1.54) is 0 Å². The van der Waals surface area contributed by atoms with Crippen LogP contribution in [0.2, 0.25) is 6.32 Å². The summed E-state index contributed by atoms with van der Waals surface area (Å²) >= 11 is 0. The van der Waals surface area contributed by atoms with Gasteiger partial charge in [0.05, 0.1) is 0 Å². The van der Waals surface area contributed by atoms with Gasteiger partial charge in [-0.25, -0.2) is 0 Å². The number of rotatable bonds is 6. The molecule has 0 aromatic rings. The normalized spacial score (nSPS) is 29.0. The minimum atomic E-state index is -1.31. The fourth-order valence-electron chi connectivity index (χ4n) is 3.03. The highest BCUT2D eigenvalue weighted by atomic mass is 35.5. The van der Waals surface area contributed by atoms with Gasteiger partial charge in [0, 0.05) is 5.92 Å². The van der Waals surface area contributed by atoms with Crippen LogP contribution in [0.25, 0.3) is 0 Å². The van der Waals surface area contributed by atoms with Crippen molar-refractivity contribution in [1.29, 1.82) is 0 Å². The molecule has 3 atom stereocenters. The lowest BCUT2D eigenvalue weighted by molar-refractivity contribution is -0.150. The number of hydrogen-bond donors (Lipinski definition) is 5. The van der Waals surface area contributed by atoms with E-state index in [2.05, 4.69) is 5.32 Å². The van der Waals surface area contributed by atoms with Gasteiger partial charge in [-0.1, -0.05) is 6.42 Å². The zero-order valence-electron chi connectivity index (χ0n) is 11.6. The summed E-state index contributed by atoms with van der Waals surface area (Å²) in [5, 5.41) is 30.2. The smallest absolute Gasteiger partial charge is 0.451 e. The van der Waals surface area contributed by atoms with Gasteiger partial charge in [-0.3, -0.25) is 4.79 Å². The Morgan fingerprint density at radius 1 is 1.40 bits per heavy atom. The number of likely N-dealkylation sites (N-methyl/N-ethyl adjacent to an activating group) is 1. The molecule has 0 unspecified atom stereocenters. The van der Waals surface area contributed by atoms with E-state index in [0.717, 1.165) is 12.8 Å². The molecule has 0 saturated heterocycles. The molecule has 0 aromatic heterocycles. The summed E-state index contributed by atoms with van der Waals surface area (Å²) in [5.41, 5.74) is 4.70. The lowest BCUT2D eigenvalue weighted by Gasteiger charge is -2.43. The highest BCUT2D eigenvalue weighted by Gasteiger charge is 2.48. The molecule has 120 valence electrons. The number of halogens is 2. The predicted molar refractivity (Wildman–Crippen MR) is 83.4 cm³/mol. The van der Waals surface area contributed by atoms with Crippen molar-refractivity contribution in [3.8, 4) is 0 Å². The molecular formula is C11H25BCl2N2O4. The van der Waals surface area contributed by atoms with Crippen molar-refractivity contribution in [3.05, 3.63) is 0 Å². The second-order valence-electron chi connectivity index (χ2n) is 5.16. The average Bonchev–Trinajstić information content (AvgIpc) is 2.35. The van der Waals surface area contributed by atoms with E-state index in [0.29, 0.717) is 19.4 Å². The van der Waals surface area contributed by atoms with Gasteiger partial charge in [0.25, 0.3) is 0 Å². The first-order valence-electron chi connectivity index (χ1n) is 6.44. The molecule has 0 radical (unpaired) electrons. The summed E-state index contributed by atoms with van der Waals surface area (Å²) in [5.74, 6) is -0.747. The molecule has 6 N–H and O–H groups in total. The molecule has 9 heteroatoms. The van der Waals surface area contributed by atoms with Crippen LogP contribution in [0.15, 0.2) is 0 Å². The van der Waals surface area contributed by atoms with Gasteiger partial charge in [0.15, 0.2) is 0 Å². The molecule has 1 rings (SSSR count). The first kappa shape index (κ1) is 22.2. The van der Waals surface area contributed by atoms with E-state index in [4.69, 9.17) is 15.8 Å². The number of carboxylic acid groups (broad SMARTS) is 1. The molecule has 20 heavy (non-hydrogen) atoms. The maximum absolute atomic E-state index is 11.5. The van der Waals surface area contributed by atoms with E-state index in [-0.39, 0.29) is 43.0 Å². The number of nitrogens with two attached hydrogens (primary N) is 1. The maximum Gasteiger partial charge on any atom is 0.451 e. The van der Waals surface area contributed by atoms with Crippen molar-refractivity contribution >= 4 is 37.9 Å². The molecule has 0 heterocycles. The third-order valence-electron chi connectivity index (χ3n) is 4.18. The molecule has 6 nitrogen and oxygen atoms in total. The number of carboxylic acids is 1. The van der Waals surface area contributed by atoms with Crippen LogP contribution in [0.5, 0.6) is 0 Å². The molecule has 0 spiro atoms. The third kappa shape index (κ3) is 5.05. The lowest BCUT2D eigenvalue weighted by atomic mass is 9.66. The largest absolute Gasteiger partial charge is 0.480 e. The molecule has 0 aliphatic heterocycles.